The number of rotatable bonds is 6. The van der Waals surface area contributed by atoms with Gasteiger partial charge in [-0.05, 0) is 56.4 Å². The number of aryl methyl sites for hydroxylation is 1. The summed E-state index contributed by atoms with van der Waals surface area (Å²) in [6.07, 6.45) is -0.921. The molecule has 0 N–H and O–H groups in total. The molecule has 6 nitrogen and oxygen atoms in total. The molecule has 0 aromatic heterocycles. The Hall–Kier alpha value is -2.03. The van der Waals surface area contributed by atoms with Gasteiger partial charge in [0.2, 0.25) is 0 Å². The molecule has 1 heterocycles. The zero-order valence-electron chi connectivity index (χ0n) is 18.5. The van der Waals surface area contributed by atoms with Gasteiger partial charge in [0.15, 0.2) is 6.10 Å². The zero-order valence-corrected chi connectivity index (χ0v) is 21.0. The van der Waals surface area contributed by atoms with Crippen LogP contribution in [-0.2, 0) is 14.3 Å². The second-order valence-electron chi connectivity index (χ2n) is 7.61. The largest absolute Gasteiger partial charge is 0.497 e. The van der Waals surface area contributed by atoms with Crippen molar-refractivity contribution in [3.63, 3.8) is 0 Å². The number of benzene rings is 2. The first-order chi connectivity index (χ1) is 14.3. The molecule has 8 heteroatoms. The first-order valence-electron chi connectivity index (χ1n) is 9.84. The number of esters is 1. The highest BCUT2D eigenvalue weighted by atomic mass is 79.9. The van der Waals surface area contributed by atoms with Crippen molar-refractivity contribution in [1.29, 1.82) is 0 Å². The van der Waals surface area contributed by atoms with Crippen molar-refractivity contribution >= 4 is 46.3 Å². The lowest BCUT2D eigenvalue weighted by Crippen LogP contribution is -2.45. The van der Waals surface area contributed by atoms with E-state index < -0.39 is 12.1 Å². The quantitative estimate of drug-likeness (QED) is 0.543. The number of hydrogen-bond donors (Lipinski definition) is 0. The third-order valence-corrected chi connectivity index (χ3v) is 6.32. The minimum Gasteiger partial charge on any atom is -0.497 e. The van der Waals surface area contributed by atoms with Gasteiger partial charge in [-0.2, -0.15) is 0 Å². The molecule has 2 aromatic rings. The van der Waals surface area contributed by atoms with Gasteiger partial charge in [0.05, 0.1) is 18.0 Å². The molecular weight excluding hydrogens is 480 g/mol. The fourth-order valence-corrected chi connectivity index (χ4v) is 4.70. The van der Waals surface area contributed by atoms with Crippen LogP contribution in [0, 0.1) is 6.92 Å². The molecule has 1 aliphatic rings. The Morgan fingerprint density at radius 1 is 1.16 bits per heavy atom. The van der Waals surface area contributed by atoms with Crippen LogP contribution in [-0.4, -0.2) is 57.2 Å². The van der Waals surface area contributed by atoms with Gasteiger partial charge in [0.1, 0.15) is 5.75 Å². The van der Waals surface area contributed by atoms with Crippen LogP contribution >= 0.6 is 28.7 Å². The van der Waals surface area contributed by atoms with Gasteiger partial charge in [-0.15, -0.1) is 28.7 Å². The topological polar surface area (TPSA) is 59.1 Å². The third kappa shape index (κ3) is 6.02. The van der Waals surface area contributed by atoms with Crippen LogP contribution in [0.3, 0.4) is 0 Å². The summed E-state index contributed by atoms with van der Waals surface area (Å²) in [5.41, 5.74) is 2.84. The zero-order chi connectivity index (χ0) is 21.8. The highest BCUT2D eigenvalue weighted by Crippen LogP contribution is 2.47. The number of amides is 1. The van der Waals surface area contributed by atoms with E-state index in [9.17, 15) is 9.59 Å². The van der Waals surface area contributed by atoms with Crippen molar-refractivity contribution in [2.24, 2.45) is 0 Å². The highest BCUT2D eigenvalue weighted by molar-refractivity contribution is 8.93. The van der Waals surface area contributed by atoms with Gasteiger partial charge in [-0.3, -0.25) is 9.59 Å². The number of ether oxygens (including phenoxy) is 2. The number of hydrogen-bond acceptors (Lipinski definition) is 6. The molecular formula is C23H29BrN2O4S. The number of methoxy groups -OCH3 is 1. The number of thioether (sulfide) groups is 1. The monoisotopic (exact) mass is 508 g/mol. The lowest BCUT2D eigenvalue weighted by atomic mass is 10.1. The second kappa shape index (κ2) is 11.0. The summed E-state index contributed by atoms with van der Waals surface area (Å²) < 4.78 is 10.9. The van der Waals surface area contributed by atoms with Crippen molar-refractivity contribution in [3.8, 4) is 5.75 Å². The molecule has 0 spiro atoms. The number of nitrogens with zero attached hydrogens (tertiary/aromatic N) is 2. The van der Waals surface area contributed by atoms with E-state index in [4.69, 9.17) is 9.47 Å². The average Bonchev–Trinajstić information content (AvgIpc) is 2.81. The molecule has 2 aromatic carbocycles. The highest BCUT2D eigenvalue weighted by Gasteiger charge is 2.40. The number of fused-ring (bicyclic) bond motifs is 1. The first kappa shape index (κ1) is 25.2. The second-order valence-corrected chi connectivity index (χ2v) is 8.79. The van der Waals surface area contributed by atoms with Crippen LogP contribution in [0.1, 0.15) is 23.3 Å². The summed E-state index contributed by atoms with van der Waals surface area (Å²) in [5, 5.41) is -0.363. The molecule has 0 radical (unpaired) electrons. The van der Waals surface area contributed by atoms with E-state index in [1.165, 1.54) is 6.92 Å². The molecule has 2 atom stereocenters. The Bertz CT molecular complexity index is 920. The van der Waals surface area contributed by atoms with Crippen molar-refractivity contribution in [2.45, 2.75) is 30.1 Å². The van der Waals surface area contributed by atoms with Crippen molar-refractivity contribution < 1.29 is 19.1 Å². The number of carbonyl (C=O) groups excluding carboxylic acids is 2. The Morgan fingerprint density at radius 2 is 1.84 bits per heavy atom. The smallest absolute Gasteiger partial charge is 0.303 e. The molecule has 0 unspecified atom stereocenters. The van der Waals surface area contributed by atoms with Gasteiger partial charge in [-0.25, -0.2) is 0 Å². The normalized spacial score (nSPS) is 18.1. The average molecular weight is 509 g/mol. The van der Waals surface area contributed by atoms with Crippen LogP contribution in [0.4, 0.5) is 5.69 Å². The molecule has 168 valence electrons. The SMILES string of the molecule is Br.COc1ccc([C@@H]2Sc3ccc(C)cc3N(CCN(C)C)C(=O)[C@@H]2OC(C)=O)cc1. The lowest BCUT2D eigenvalue weighted by molar-refractivity contribution is -0.152. The van der Waals surface area contributed by atoms with Gasteiger partial charge < -0.3 is 19.3 Å². The van der Waals surface area contributed by atoms with E-state index in [1.807, 2.05) is 68.4 Å². The van der Waals surface area contributed by atoms with Gasteiger partial charge in [0, 0.05) is 24.9 Å². The summed E-state index contributed by atoms with van der Waals surface area (Å²) in [6.45, 7) is 4.56. The van der Waals surface area contributed by atoms with Gasteiger partial charge in [0.25, 0.3) is 5.91 Å². The molecule has 0 saturated carbocycles. The third-order valence-electron chi connectivity index (χ3n) is 4.95. The van der Waals surface area contributed by atoms with Crippen molar-refractivity contribution in [1.82, 2.24) is 4.90 Å². The number of likely N-dealkylation sites (N-methyl/N-ethyl adjacent to an activating group) is 1. The Labute approximate surface area is 198 Å². The molecule has 1 aliphatic heterocycles. The van der Waals surface area contributed by atoms with Crippen LogP contribution in [0.25, 0.3) is 0 Å². The maximum Gasteiger partial charge on any atom is 0.303 e. The Morgan fingerprint density at radius 3 is 2.42 bits per heavy atom. The fourth-order valence-electron chi connectivity index (χ4n) is 3.40. The van der Waals surface area contributed by atoms with E-state index in [-0.39, 0.29) is 28.1 Å². The predicted molar refractivity (Wildman–Crippen MR) is 130 cm³/mol. The van der Waals surface area contributed by atoms with E-state index in [1.54, 1.807) is 23.8 Å². The Balaban J connectivity index is 0.00000341. The van der Waals surface area contributed by atoms with Gasteiger partial charge >= 0.3 is 5.97 Å². The molecule has 0 bridgehead atoms. The van der Waals surface area contributed by atoms with E-state index in [2.05, 4.69) is 0 Å². The number of halogens is 1. The van der Waals surface area contributed by atoms with E-state index in [0.29, 0.717) is 13.1 Å². The Kier molecular flexibility index (Phi) is 8.97. The maximum atomic E-state index is 13.7. The van der Waals surface area contributed by atoms with E-state index in [0.717, 1.165) is 27.5 Å². The molecule has 31 heavy (non-hydrogen) atoms. The summed E-state index contributed by atoms with van der Waals surface area (Å²) in [5.74, 6) is 0.0586. The molecule has 1 amide bonds. The number of anilines is 1. The standard InChI is InChI=1S/C23H28N2O4S.BrH/c1-15-6-11-20-19(14-15)25(13-12-24(3)4)23(27)21(29-16(2)26)22(30-20)17-7-9-18(28-5)10-8-17;/h6-11,14,21-22H,12-13H2,1-5H3;1H/t21-,22+;/m1./s1. The van der Waals surface area contributed by atoms with Crippen LogP contribution in [0.2, 0.25) is 0 Å². The summed E-state index contributed by atoms with van der Waals surface area (Å²) in [4.78, 5) is 30.4. The minimum atomic E-state index is -0.921. The summed E-state index contributed by atoms with van der Waals surface area (Å²) in [7, 11) is 5.55. The maximum absolute atomic E-state index is 13.7. The lowest BCUT2D eigenvalue weighted by Gasteiger charge is -2.28. The minimum absolute atomic E-state index is 0. The van der Waals surface area contributed by atoms with E-state index >= 15 is 0 Å². The molecule has 0 aliphatic carbocycles. The van der Waals surface area contributed by atoms with Crippen molar-refractivity contribution in [2.75, 3.05) is 39.2 Å². The number of carbonyl (C=O) groups is 2. The van der Waals surface area contributed by atoms with Crippen LogP contribution < -0.4 is 9.64 Å². The first-order valence-corrected chi connectivity index (χ1v) is 10.7. The fraction of sp³-hybridized carbons (Fsp3) is 0.391. The van der Waals surface area contributed by atoms with Gasteiger partial charge in [-0.1, -0.05) is 18.2 Å². The predicted octanol–water partition coefficient (Wildman–Crippen LogP) is 4.25. The summed E-state index contributed by atoms with van der Waals surface area (Å²) >= 11 is 1.55. The van der Waals surface area contributed by atoms with Crippen LogP contribution in [0.5, 0.6) is 5.75 Å². The molecule has 0 fully saturated rings. The van der Waals surface area contributed by atoms with Crippen LogP contribution in [0.15, 0.2) is 47.4 Å². The molecule has 0 saturated heterocycles. The van der Waals surface area contributed by atoms with Crippen molar-refractivity contribution in [3.05, 3.63) is 53.6 Å². The molecule has 3 rings (SSSR count). The summed E-state index contributed by atoms with van der Waals surface area (Å²) in [6, 6.07) is 13.7.